The first-order valence-corrected chi connectivity index (χ1v) is 6.36. The normalized spacial score (nSPS) is 11.2. The van der Waals surface area contributed by atoms with Crippen molar-refractivity contribution in [1.82, 2.24) is 4.98 Å². The third kappa shape index (κ3) is 2.79. The van der Waals surface area contributed by atoms with Gasteiger partial charge >= 0.3 is 0 Å². The van der Waals surface area contributed by atoms with Crippen molar-refractivity contribution in [1.29, 1.82) is 0 Å². The zero-order chi connectivity index (χ0) is 13.1. The molecule has 18 heavy (non-hydrogen) atoms. The topological polar surface area (TPSA) is 52.0 Å². The monoisotopic (exact) mass is 244 g/mol. The highest BCUT2D eigenvalue weighted by Crippen LogP contribution is 2.24. The minimum atomic E-state index is 0.379. The van der Waals surface area contributed by atoms with Gasteiger partial charge in [0, 0.05) is 12.5 Å². The van der Waals surface area contributed by atoms with Crippen LogP contribution in [0.1, 0.15) is 31.1 Å². The minimum Gasteiger partial charge on any atom is -0.444 e. The highest BCUT2D eigenvalue weighted by molar-refractivity contribution is 5.61. The van der Waals surface area contributed by atoms with Gasteiger partial charge in [0.15, 0.2) is 5.89 Å². The molecule has 1 heterocycles. The SMILES string of the molecule is Cc1nc(-c2ccc(CC(C)C)cc2)c(CN)o1. The number of nitrogens with two attached hydrogens (primary N) is 1. The van der Waals surface area contributed by atoms with E-state index in [1.165, 1.54) is 5.56 Å². The molecular formula is C15H20N2O. The lowest BCUT2D eigenvalue weighted by atomic mass is 10.0. The summed E-state index contributed by atoms with van der Waals surface area (Å²) in [5.74, 6) is 2.09. The van der Waals surface area contributed by atoms with Crippen LogP contribution in [0.2, 0.25) is 0 Å². The van der Waals surface area contributed by atoms with E-state index in [0.29, 0.717) is 18.4 Å². The molecule has 0 unspecified atom stereocenters. The predicted octanol–water partition coefficient (Wildman–Crippen LogP) is 3.31. The van der Waals surface area contributed by atoms with Gasteiger partial charge < -0.3 is 10.2 Å². The minimum absolute atomic E-state index is 0.379. The molecule has 1 aromatic heterocycles. The van der Waals surface area contributed by atoms with E-state index in [2.05, 4.69) is 43.1 Å². The van der Waals surface area contributed by atoms with Crippen molar-refractivity contribution < 1.29 is 4.42 Å². The first-order valence-electron chi connectivity index (χ1n) is 6.36. The average molecular weight is 244 g/mol. The van der Waals surface area contributed by atoms with Crippen LogP contribution in [0.25, 0.3) is 11.3 Å². The lowest BCUT2D eigenvalue weighted by molar-refractivity contribution is 0.477. The molecule has 0 aliphatic heterocycles. The van der Waals surface area contributed by atoms with Crippen LogP contribution in [0.5, 0.6) is 0 Å². The quantitative estimate of drug-likeness (QED) is 0.897. The first kappa shape index (κ1) is 12.8. The van der Waals surface area contributed by atoms with Crippen LogP contribution >= 0.6 is 0 Å². The number of oxazole rings is 1. The van der Waals surface area contributed by atoms with Gasteiger partial charge in [-0.1, -0.05) is 38.1 Å². The van der Waals surface area contributed by atoms with Crippen molar-refractivity contribution in [3.05, 3.63) is 41.5 Å². The molecule has 3 nitrogen and oxygen atoms in total. The van der Waals surface area contributed by atoms with E-state index in [-0.39, 0.29) is 0 Å². The van der Waals surface area contributed by atoms with E-state index in [4.69, 9.17) is 10.2 Å². The summed E-state index contributed by atoms with van der Waals surface area (Å²) >= 11 is 0. The summed E-state index contributed by atoms with van der Waals surface area (Å²) in [6.45, 7) is 6.67. The Balaban J connectivity index is 2.28. The molecule has 2 rings (SSSR count). The van der Waals surface area contributed by atoms with Gasteiger partial charge in [0.2, 0.25) is 0 Å². The molecule has 0 radical (unpaired) electrons. The van der Waals surface area contributed by atoms with Crippen LogP contribution < -0.4 is 5.73 Å². The highest BCUT2D eigenvalue weighted by atomic mass is 16.4. The Kier molecular flexibility index (Phi) is 3.82. The summed E-state index contributed by atoms with van der Waals surface area (Å²) < 4.78 is 5.48. The molecule has 0 amide bonds. The van der Waals surface area contributed by atoms with Gasteiger partial charge in [0.1, 0.15) is 11.5 Å². The van der Waals surface area contributed by atoms with E-state index in [1.54, 1.807) is 0 Å². The Bertz CT molecular complexity index is 512. The standard InChI is InChI=1S/C15H20N2O/c1-10(2)8-12-4-6-13(7-5-12)15-14(9-16)18-11(3)17-15/h4-7,10H,8-9,16H2,1-3H3. The van der Waals surface area contributed by atoms with Gasteiger partial charge in [-0.15, -0.1) is 0 Å². The van der Waals surface area contributed by atoms with Gasteiger partial charge in [0.25, 0.3) is 0 Å². The predicted molar refractivity (Wildman–Crippen MR) is 73.1 cm³/mol. The van der Waals surface area contributed by atoms with E-state index in [1.807, 2.05) is 6.92 Å². The second-order valence-corrected chi connectivity index (χ2v) is 5.00. The summed E-state index contributed by atoms with van der Waals surface area (Å²) in [7, 11) is 0. The molecule has 2 aromatic rings. The lowest BCUT2D eigenvalue weighted by Crippen LogP contribution is -1.97. The number of rotatable bonds is 4. The van der Waals surface area contributed by atoms with Gasteiger partial charge in [-0.25, -0.2) is 4.98 Å². The van der Waals surface area contributed by atoms with Crippen LogP contribution in [-0.2, 0) is 13.0 Å². The maximum Gasteiger partial charge on any atom is 0.191 e. The highest BCUT2D eigenvalue weighted by Gasteiger charge is 2.11. The fourth-order valence-corrected chi connectivity index (χ4v) is 2.10. The maximum absolute atomic E-state index is 5.66. The summed E-state index contributed by atoms with van der Waals surface area (Å²) in [5.41, 5.74) is 8.95. The van der Waals surface area contributed by atoms with Crippen LogP contribution in [-0.4, -0.2) is 4.98 Å². The Morgan fingerprint density at radius 2 is 1.89 bits per heavy atom. The second kappa shape index (κ2) is 5.36. The average Bonchev–Trinajstić information content (AvgIpc) is 2.71. The van der Waals surface area contributed by atoms with Gasteiger partial charge in [-0.2, -0.15) is 0 Å². The molecule has 0 bridgehead atoms. The molecule has 0 aliphatic rings. The van der Waals surface area contributed by atoms with Crippen molar-refractivity contribution in [2.45, 2.75) is 33.7 Å². The Hall–Kier alpha value is -1.61. The number of hydrogen-bond donors (Lipinski definition) is 1. The zero-order valence-electron chi connectivity index (χ0n) is 11.2. The molecule has 0 atom stereocenters. The van der Waals surface area contributed by atoms with Crippen LogP contribution in [0.3, 0.4) is 0 Å². The third-order valence-electron chi connectivity index (χ3n) is 2.86. The number of aryl methyl sites for hydroxylation is 1. The maximum atomic E-state index is 5.66. The van der Waals surface area contributed by atoms with Gasteiger partial charge in [-0.05, 0) is 17.9 Å². The molecule has 3 heteroatoms. The molecule has 0 fully saturated rings. The smallest absolute Gasteiger partial charge is 0.191 e. The third-order valence-corrected chi connectivity index (χ3v) is 2.86. The lowest BCUT2D eigenvalue weighted by Gasteiger charge is -2.05. The van der Waals surface area contributed by atoms with Gasteiger partial charge in [0.05, 0.1) is 6.54 Å². The summed E-state index contributed by atoms with van der Waals surface area (Å²) in [6, 6.07) is 8.49. The fourth-order valence-electron chi connectivity index (χ4n) is 2.10. The number of aromatic nitrogens is 1. The zero-order valence-corrected chi connectivity index (χ0v) is 11.2. The Labute approximate surface area is 108 Å². The summed E-state index contributed by atoms with van der Waals surface area (Å²) in [4.78, 5) is 4.40. The van der Waals surface area contributed by atoms with E-state index in [9.17, 15) is 0 Å². The number of benzene rings is 1. The molecule has 0 spiro atoms. The van der Waals surface area contributed by atoms with Crippen LogP contribution in [0.4, 0.5) is 0 Å². The van der Waals surface area contributed by atoms with Crippen molar-refractivity contribution >= 4 is 0 Å². The molecule has 0 saturated carbocycles. The van der Waals surface area contributed by atoms with Crippen LogP contribution in [0, 0.1) is 12.8 Å². The number of nitrogens with zero attached hydrogens (tertiary/aromatic N) is 1. The molecule has 0 aliphatic carbocycles. The largest absolute Gasteiger partial charge is 0.444 e. The number of hydrogen-bond acceptors (Lipinski definition) is 3. The summed E-state index contributed by atoms with van der Waals surface area (Å²) in [5, 5.41) is 0. The van der Waals surface area contributed by atoms with E-state index >= 15 is 0 Å². The van der Waals surface area contributed by atoms with E-state index in [0.717, 1.165) is 23.4 Å². The van der Waals surface area contributed by atoms with Crippen molar-refractivity contribution in [3.8, 4) is 11.3 Å². The second-order valence-electron chi connectivity index (χ2n) is 5.00. The van der Waals surface area contributed by atoms with Gasteiger partial charge in [-0.3, -0.25) is 0 Å². The molecular weight excluding hydrogens is 224 g/mol. The van der Waals surface area contributed by atoms with Crippen LogP contribution in [0.15, 0.2) is 28.7 Å². The first-order chi connectivity index (χ1) is 8.60. The molecule has 2 N–H and O–H groups in total. The van der Waals surface area contributed by atoms with Crippen molar-refractivity contribution in [3.63, 3.8) is 0 Å². The van der Waals surface area contributed by atoms with Crippen molar-refractivity contribution in [2.24, 2.45) is 11.7 Å². The fraction of sp³-hybridized carbons (Fsp3) is 0.400. The molecule has 1 aromatic carbocycles. The molecule has 0 saturated heterocycles. The van der Waals surface area contributed by atoms with E-state index < -0.39 is 0 Å². The van der Waals surface area contributed by atoms with Crippen molar-refractivity contribution in [2.75, 3.05) is 0 Å². The Morgan fingerprint density at radius 1 is 1.22 bits per heavy atom. The summed E-state index contributed by atoms with van der Waals surface area (Å²) in [6.07, 6.45) is 1.10. The Morgan fingerprint density at radius 3 is 2.44 bits per heavy atom. The molecule has 96 valence electrons.